The summed E-state index contributed by atoms with van der Waals surface area (Å²) >= 11 is 0. The van der Waals surface area contributed by atoms with E-state index in [1.807, 2.05) is 24.3 Å². The van der Waals surface area contributed by atoms with E-state index >= 15 is 0 Å². The van der Waals surface area contributed by atoms with Gasteiger partial charge in [0.2, 0.25) is 10.0 Å². The number of aryl methyl sites for hydroxylation is 1. The normalized spacial score (nSPS) is 22.1. The van der Waals surface area contributed by atoms with Crippen molar-refractivity contribution in [3.05, 3.63) is 35.4 Å². The Bertz CT molecular complexity index is 553. The summed E-state index contributed by atoms with van der Waals surface area (Å²) in [6.45, 7) is 3.24. The van der Waals surface area contributed by atoms with E-state index in [2.05, 4.69) is 6.92 Å². The van der Waals surface area contributed by atoms with E-state index in [0.717, 1.165) is 24.8 Å². The highest BCUT2D eigenvalue weighted by Crippen LogP contribution is 2.28. The molecule has 1 aromatic rings. The van der Waals surface area contributed by atoms with Crippen LogP contribution >= 0.6 is 0 Å². The Morgan fingerprint density at radius 1 is 1.33 bits per heavy atom. The fraction of sp³-hybridized carbons (Fsp3) is 0.625. The van der Waals surface area contributed by atoms with Gasteiger partial charge in [-0.25, -0.2) is 12.7 Å². The van der Waals surface area contributed by atoms with Gasteiger partial charge in [0.25, 0.3) is 0 Å². The maximum Gasteiger partial charge on any atom is 0.211 e. The highest BCUT2D eigenvalue weighted by atomic mass is 32.2. The third-order valence-corrected chi connectivity index (χ3v) is 5.55. The number of piperidine rings is 1. The van der Waals surface area contributed by atoms with Crippen LogP contribution in [0.25, 0.3) is 0 Å². The van der Waals surface area contributed by atoms with Crippen LogP contribution in [0.5, 0.6) is 0 Å². The number of hydrogen-bond donors (Lipinski definition) is 1. The number of aliphatic hydroxyl groups is 1. The Labute approximate surface area is 127 Å². The van der Waals surface area contributed by atoms with Gasteiger partial charge in [-0.1, -0.05) is 31.2 Å². The molecule has 1 aliphatic rings. The second-order valence-electron chi connectivity index (χ2n) is 5.98. The molecule has 2 rings (SSSR count). The largest absolute Gasteiger partial charge is 0.388 e. The summed E-state index contributed by atoms with van der Waals surface area (Å²) in [5.41, 5.74) is 2.18. The molecule has 0 aliphatic carbocycles. The van der Waals surface area contributed by atoms with E-state index in [1.54, 1.807) is 0 Å². The Balaban J connectivity index is 1.96. The maximum absolute atomic E-state index is 11.6. The van der Waals surface area contributed by atoms with Crippen LogP contribution in [-0.2, 0) is 16.4 Å². The van der Waals surface area contributed by atoms with Crippen molar-refractivity contribution in [2.24, 2.45) is 5.92 Å². The lowest BCUT2D eigenvalue weighted by molar-refractivity contribution is 0.123. The third-order valence-electron chi connectivity index (χ3n) is 4.28. The van der Waals surface area contributed by atoms with Crippen LogP contribution in [0, 0.1) is 5.92 Å². The Kier molecular flexibility index (Phi) is 5.41. The molecule has 5 heteroatoms. The fourth-order valence-corrected chi connectivity index (χ4v) is 3.89. The van der Waals surface area contributed by atoms with Gasteiger partial charge in [-0.2, -0.15) is 0 Å². The standard InChI is InChI=1S/C16H25NO3S/c1-3-13-6-8-15(9-7-13)16(18)11-14-5-4-10-17(12-14)21(2,19)20/h6-9,14,16,18H,3-5,10-12H2,1-2H3. The van der Waals surface area contributed by atoms with Crippen LogP contribution in [0.4, 0.5) is 0 Å². The zero-order valence-electron chi connectivity index (χ0n) is 12.8. The average Bonchev–Trinajstić information content (AvgIpc) is 2.47. The number of hydrogen-bond acceptors (Lipinski definition) is 3. The van der Waals surface area contributed by atoms with Gasteiger partial charge >= 0.3 is 0 Å². The van der Waals surface area contributed by atoms with Gasteiger partial charge in [0.1, 0.15) is 0 Å². The number of sulfonamides is 1. The topological polar surface area (TPSA) is 57.6 Å². The molecule has 0 spiro atoms. The molecule has 0 radical (unpaired) electrons. The van der Waals surface area contributed by atoms with E-state index in [9.17, 15) is 13.5 Å². The first-order valence-corrected chi connectivity index (χ1v) is 9.47. The molecule has 4 nitrogen and oxygen atoms in total. The van der Waals surface area contributed by atoms with E-state index in [1.165, 1.54) is 16.1 Å². The zero-order chi connectivity index (χ0) is 15.5. The lowest BCUT2D eigenvalue weighted by Crippen LogP contribution is -2.39. The predicted molar refractivity (Wildman–Crippen MR) is 84.5 cm³/mol. The van der Waals surface area contributed by atoms with Gasteiger partial charge in [-0.05, 0) is 42.7 Å². The molecular formula is C16H25NO3S. The van der Waals surface area contributed by atoms with Crippen molar-refractivity contribution in [1.82, 2.24) is 4.31 Å². The fourth-order valence-electron chi connectivity index (χ4n) is 2.95. The number of benzene rings is 1. The van der Waals surface area contributed by atoms with Crippen molar-refractivity contribution in [3.63, 3.8) is 0 Å². The Morgan fingerprint density at radius 2 is 2.00 bits per heavy atom. The summed E-state index contributed by atoms with van der Waals surface area (Å²) in [4.78, 5) is 0. The summed E-state index contributed by atoms with van der Waals surface area (Å²) in [6, 6.07) is 8.03. The first kappa shape index (κ1) is 16.5. The molecular weight excluding hydrogens is 286 g/mol. The summed E-state index contributed by atoms with van der Waals surface area (Å²) in [5.74, 6) is 0.231. The van der Waals surface area contributed by atoms with Crippen LogP contribution in [0.3, 0.4) is 0 Å². The minimum atomic E-state index is -3.12. The molecule has 1 heterocycles. The minimum absolute atomic E-state index is 0.231. The smallest absolute Gasteiger partial charge is 0.211 e. The first-order valence-electron chi connectivity index (χ1n) is 7.62. The molecule has 0 saturated carbocycles. The average molecular weight is 311 g/mol. The highest BCUT2D eigenvalue weighted by Gasteiger charge is 2.27. The first-order chi connectivity index (χ1) is 9.90. The molecule has 1 N–H and O–H groups in total. The van der Waals surface area contributed by atoms with Crippen LogP contribution in [0.2, 0.25) is 0 Å². The molecule has 1 aromatic carbocycles. The van der Waals surface area contributed by atoms with Crippen molar-refractivity contribution < 1.29 is 13.5 Å². The summed E-state index contributed by atoms with van der Waals surface area (Å²) in [6.07, 6.45) is 4.21. The van der Waals surface area contributed by atoms with Crippen molar-refractivity contribution in [2.45, 2.75) is 38.7 Å². The molecule has 0 amide bonds. The molecule has 0 bridgehead atoms. The molecule has 1 aliphatic heterocycles. The molecule has 1 saturated heterocycles. The molecule has 118 valence electrons. The van der Waals surface area contributed by atoms with Gasteiger partial charge in [0.05, 0.1) is 12.4 Å². The third kappa shape index (κ3) is 4.53. The van der Waals surface area contributed by atoms with Crippen molar-refractivity contribution in [3.8, 4) is 0 Å². The molecule has 0 aromatic heterocycles. The van der Waals surface area contributed by atoms with Gasteiger partial charge in [0.15, 0.2) is 0 Å². The van der Waals surface area contributed by atoms with Crippen LogP contribution in [0.15, 0.2) is 24.3 Å². The lowest BCUT2D eigenvalue weighted by atomic mass is 9.90. The van der Waals surface area contributed by atoms with E-state index in [0.29, 0.717) is 19.5 Å². The van der Waals surface area contributed by atoms with Gasteiger partial charge in [-0.3, -0.25) is 0 Å². The molecule has 1 fully saturated rings. The number of aliphatic hydroxyl groups excluding tert-OH is 1. The van der Waals surface area contributed by atoms with Gasteiger partial charge < -0.3 is 5.11 Å². The second kappa shape index (κ2) is 6.90. The summed E-state index contributed by atoms with van der Waals surface area (Å²) in [7, 11) is -3.12. The predicted octanol–water partition coefficient (Wildman–Crippen LogP) is 2.34. The number of rotatable bonds is 5. The Morgan fingerprint density at radius 3 is 2.57 bits per heavy atom. The van der Waals surface area contributed by atoms with Crippen LogP contribution < -0.4 is 0 Å². The van der Waals surface area contributed by atoms with E-state index in [-0.39, 0.29) is 5.92 Å². The van der Waals surface area contributed by atoms with Gasteiger partial charge in [-0.15, -0.1) is 0 Å². The molecule has 2 unspecified atom stereocenters. The zero-order valence-corrected chi connectivity index (χ0v) is 13.6. The number of nitrogens with zero attached hydrogens (tertiary/aromatic N) is 1. The molecule has 21 heavy (non-hydrogen) atoms. The minimum Gasteiger partial charge on any atom is -0.388 e. The Hall–Kier alpha value is -0.910. The monoisotopic (exact) mass is 311 g/mol. The second-order valence-corrected chi connectivity index (χ2v) is 7.96. The quantitative estimate of drug-likeness (QED) is 0.908. The van der Waals surface area contributed by atoms with Gasteiger partial charge in [0, 0.05) is 13.1 Å². The summed E-state index contributed by atoms with van der Waals surface area (Å²) < 4.78 is 24.8. The van der Waals surface area contributed by atoms with E-state index < -0.39 is 16.1 Å². The van der Waals surface area contributed by atoms with Crippen LogP contribution in [0.1, 0.15) is 43.4 Å². The summed E-state index contributed by atoms with van der Waals surface area (Å²) in [5, 5.41) is 10.4. The highest BCUT2D eigenvalue weighted by molar-refractivity contribution is 7.88. The molecule has 2 atom stereocenters. The van der Waals surface area contributed by atoms with E-state index in [4.69, 9.17) is 0 Å². The lowest BCUT2D eigenvalue weighted by Gasteiger charge is -2.32. The van der Waals surface area contributed by atoms with Crippen molar-refractivity contribution >= 4 is 10.0 Å². The SMILES string of the molecule is CCc1ccc(C(O)CC2CCCN(S(C)(=O)=O)C2)cc1. The van der Waals surface area contributed by atoms with Crippen molar-refractivity contribution in [1.29, 1.82) is 0 Å². The van der Waals surface area contributed by atoms with Crippen LogP contribution in [-0.4, -0.2) is 37.2 Å². The van der Waals surface area contributed by atoms with Crippen molar-refractivity contribution in [2.75, 3.05) is 19.3 Å². The maximum atomic E-state index is 11.6.